The normalized spacial score (nSPS) is 13.7. The van der Waals surface area contributed by atoms with Crippen LogP contribution < -0.4 is 10.5 Å². The maximum Gasteiger partial charge on any atom is 0.119 e. The molecule has 0 aromatic heterocycles. The van der Waals surface area contributed by atoms with Crippen LogP contribution in [0.4, 0.5) is 0 Å². The summed E-state index contributed by atoms with van der Waals surface area (Å²) >= 11 is 0. The number of benzene rings is 1. The number of ether oxygens (including phenoxy) is 1. The summed E-state index contributed by atoms with van der Waals surface area (Å²) < 4.78 is 5.22. The van der Waals surface area contributed by atoms with Crippen molar-refractivity contribution in [2.24, 2.45) is 5.73 Å². The molecule has 0 bridgehead atoms. The van der Waals surface area contributed by atoms with Gasteiger partial charge in [0, 0.05) is 6.04 Å². The predicted molar refractivity (Wildman–Crippen MR) is 64.3 cm³/mol. The molecule has 0 saturated heterocycles. The van der Waals surface area contributed by atoms with Gasteiger partial charge in [-0.2, -0.15) is 0 Å². The van der Waals surface area contributed by atoms with E-state index in [4.69, 9.17) is 10.5 Å². The second-order valence-corrected chi connectivity index (χ2v) is 4.80. The van der Waals surface area contributed by atoms with Crippen LogP contribution in [-0.2, 0) is 5.41 Å². The fourth-order valence-electron chi connectivity index (χ4n) is 1.97. The van der Waals surface area contributed by atoms with Crippen molar-refractivity contribution in [1.82, 2.24) is 0 Å². The van der Waals surface area contributed by atoms with E-state index in [0.717, 1.165) is 12.2 Å². The molecule has 1 atom stereocenters. The number of hydrogen-bond acceptors (Lipinski definition) is 2. The standard InChI is InChI=1S/C13H21NO/c1-10(14)9-13(2,3)11-6-5-7-12(8-11)15-4/h5-8,10H,9,14H2,1-4H3. The minimum Gasteiger partial charge on any atom is -0.497 e. The first kappa shape index (κ1) is 12.1. The second-order valence-electron chi connectivity index (χ2n) is 4.80. The first-order valence-corrected chi connectivity index (χ1v) is 5.36. The molecule has 2 nitrogen and oxygen atoms in total. The molecule has 1 aromatic carbocycles. The van der Waals surface area contributed by atoms with Crippen LogP contribution in [0.5, 0.6) is 5.75 Å². The molecule has 0 spiro atoms. The van der Waals surface area contributed by atoms with Crippen molar-refractivity contribution >= 4 is 0 Å². The van der Waals surface area contributed by atoms with Crippen LogP contribution in [0.15, 0.2) is 24.3 Å². The average molecular weight is 207 g/mol. The summed E-state index contributed by atoms with van der Waals surface area (Å²) in [6.07, 6.45) is 0.972. The zero-order valence-electron chi connectivity index (χ0n) is 10.1. The lowest BCUT2D eigenvalue weighted by molar-refractivity contribution is 0.406. The SMILES string of the molecule is COc1cccc(C(C)(C)CC(C)N)c1. The smallest absolute Gasteiger partial charge is 0.119 e. The third-order valence-electron chi connectivity index (χ3n) is 2.68. The molecule has 15 heavy (non-hydrogen) atoms. The zero-order valence-corrected chi connectivity index (χ0v) is 10.1. The maximum atomic E-state index is 5.86. The number of hydrogen-bond donors (Lipinski definition) is 1. The van der Waals surface area contributed by atoms with Gasteiger partial charge in [-0.25, -0.2) is 0 Å². The summed E-state index contributed by atoms with van der Waals surface area (Å²) in [5.41, 5.74) is 7.23. The monoisotopic (exact) mass is 207 g/mol. The van der Waals surface area contributed by atoms with Crippen LogP contribution in [0.1, 0.15) is 32.8 Å². The number of nitrogens with two attached hydrogens (primary N) is 1. The highest BCUT2D eigenvalue weighted by Gasteiger charge is 2.22. The lowest BCUT2D eigenvalue weighted by atomic mass is 9.79. The van der Waals surface area contributed by atoms with Gasteiger partial charge in [0.1, 0.15) is 5.75 Å². The lowest BCUT2D eigenvalue weighted by Crippen LogP contribution is -2.28. The highest BCUT2D eigenvalue weighted by atomic mass is 16.5. The second kappa shape index (κ2) is 4.67. The molecule has 0 saturated carbocycles. The van der Waals surface area contributed by atoms with Crippen LogP contribution in [0, 0.1) is 0 Å². The molecule has 2 N–H and O–H groups in total. The molecule has 84 valence electrons. The van der Waals surface area contributed by atoms with E-state index in [9.17, 15) is 0 Å². The Bertz CT molecular complexity index is 318. The Morgan fingerprint density at radius 1 is 1.40 bits per heavy atom. The van der Waals surface area contributed by atoms with E-state index in [1.54, 1.807) is 7.11 Å². The molecule has 2 heteroatoms. The summed E-state index contributed by atoms with van der Waals surface area (Å²) in [5.74, 6) is 0.908. The van der Waals surface area contributed by atoms with Crippen molar-refractivity contribution in [1.29, 1.82) is 0 Å². The van der Waals surface area contributed by atoms with Crippen molar-refractivity contribution in [3.05, 3.63) is 29.8 Å². The minimum absolute atomic E-state index is 0.0999. The molecule has 0 fully saturated rings. The van der Waals surface area contributed by atoms with E-state index in [-0.39, 0.29) is 11.5 Å². The molecule has 1 aromatic rings. The van der Waals surface area contributed by atoms with Crippen LogP contribution >= 0.6 is 0 Å². The summed E-state index contributed by atoms with van der Waals surface area (Å²) in [6, 6.07) is 8.42. The molecule has 0 amide bonds. The van der Waals surface area contributed by atoms with Gasteiger partial charge in [-0.1, -0.05) is 26.0 Å². The van der Waals surface area contributed by atoms with E-state index in [1.165, 1.54) is 5.56 Å². The van der Waals surface area contributed by atoms with Gasteiger partial charge >= 0.3 is 0 Å². The van der Waals surface area contributed by atoms with E-state index >= 15 is 0 Å². The van der Waals surface area contributed by atoms with Gasteiger partial charge in [0.15, 0.2) is 0 Å². The predicted octanol–water partition coefficient (Wildman–Crippen LogP) is 2.71. The van der Waals surface area contributed by atoms with Crippen LogP contribution in [0.25, 0.3) is 0 Å². The van der Waals surface area contributed by atoms with Crippen LogP contribution in [0.2, 0.25) is 0 Å². The zero-order chi connectivity index (χ0) is 11.5. The highest BCUT2D eigenvalue weighted by molar-refractivity contribution is 5.33. The summed E-state index contributed by atoms with van der Waals surface area (Å²) in [7, 11) is 1.69. The third kappa shape index (κ3) is 3.24. The largest absolute Gasteiger partial charge is 0.497 e. The van der Waals surface area contributed by atoms with E-state index in [2.05, 4.69) is 26.0 Å². The minimum atomic E-state index is 0.0999. The number of rotatable bonds is 4. The molecule has 0 heterocycles. The van der Waals surface area contributed by atoms with E-state index in [0.29, 0.717) is 0 Å². The highest BCUT2D eigenvalue weighted by Crippen LogP contribution is 2.30. The van der Waals surface area contributed by atoms with Gasteiger partial charge < -0.3 is 10.5 Å². The van der Waals surface area contributed by atoms with Gasteiger partial charge in [-0.15, -0.1) is 0 Å². The summed E-state index contributed by atoms with van der Waals surface area (Å²) in [5, 5.41) is 0. The number of methoxy groups -OCH3 is 1. The van der Waals surface area contributed by atoms with Gasteiger partial charge in [-0.05, 0) is 36.5 Å². The van der Waals surface area contributed by atoms with Crippen molar-refractivity contribution in [2.45, 2.75) is 38.6 Å². The van der Waals surface area contributed by atoms with Crippen LogP contribution in [0.3, 0.4) is 0 Å². The Labute approximate surface area is 92.4 Å². The molecular weight excluding hydrogens is 186 g/mol. The molecule has 0 aliphatic carbocycles. The van der Waals surface area contributed by atoms with Crippen molar-refractivity contribution in [2.75, 3.05) is 7.11 Å². The lowest BCUT2D eigenvalue weighted by Gasteiger charge is -2.27. The van der Waals surface area contributed by atoms with Gasteiger partial charge in [0.05, 0.1) is 7.11 Å². The Morgan fingerprint density at radius 2 is 2.07 bits per heavy atom. The van der Waals surface area contributed by atoms with Crippen molar-refractivity contribution < 1.29 is 4.74 Å². The summed E-state index contributed by atoms with van der Waals surface area (Å²) in [6.45, 7) is 6.47. The van der Waals surface area contributed by atoms with E-state index in [1.807, 2.05) is 19.1 Å². The average Bonchev–Trinajstić information content (AvgIpc) is 2.16. The topological polar surface area (TPSA) is 35.2 Å². The Hall–Kier alpha value is -1.02. The Morgan fingerprint density at radius 3 is 2.60 bits per heavy atom. The quantitative estimate of drug-likeness (QED) is 0.824. The summed E-state index contributed by atoms with van der Waals surface area (Å²) in [4.78, 5) is 0. The first-order valence-electron chi connectivity index (χ1n) is 5.36. The van der Waals surface area contributed by atoms with Gasteiger partial charge in [-0.3, -0.25) is 0 Å². The third-order valence-corrected chi connectivity index (χ3v) is 2.68. The molecule has 0 aliphatic heterocycles. The Balaban J connectivity index is 2.93. The fraction of sp³-hybridized carbons (Fsp3) is 0.538. The molecule has 0 aliphatic rings. The molecule has 0 radical (unpaired) electrons. The maximum absolute atomic E-state index is 5.86. The first-order chi connectivity index (χ1) is 6.95. The molecular formula is C13H21NO. The van der Waals surface area contributed by atoms with Gasteiger partial charge in [0.2, 0.25) is 0 Å². The van der Waals surface area contributed by atoms with Crippen molar-refractivity contribution in [3.8, 4) is 5.75 Å². The molecule has 1 unspecified atom stereocenters. The van der Waals surface area contributed by atoms with Crippen LogP contribution in [-0.4, -0.2) is 13.2 Å². The van der Waals surface area contributed by atoms with Gasteiger partial charge in [0.25, 0.3) is 0 Å². The molecule has 1 rings (SSSR count). The fourth-order valence-corrected chi connectivity index (χ4v) is 1.97. The van der Waals surface area contributed by atoms with E-state index < -0.39 is 0 Å². The Kier molecular flexibility index (Phi) is 3.75. The van der Waals surface area contributed by atoms with Crippen molar-refractivity contribution in [3.63, 3.8) is 0 Å².